The van der Waals surface area contributed by atoms with Crippen LogP contribution in [0.15, 0.2) is 24.3 Å². The van der Waals surface area contributed by atoms with Crippen molar-refractivity contribution >= 4 is 29.3 Å². The van der Waals surface area contributed by atoms with Crippen molar-refractivity contribution in [1.29, 1.82) is 0 Å². The summed E-state index contributed by atoms with van der Waals surface area (Å²) in [6.07, 6.45) is 1.22. The van der Waals surface area contributed by atoms with Crippen LogP contribution in [-0.4, -0.2) is 41.8 Å². The van der Waals surface area contributed by atoms with Crippen LogP contribution >= 0.6 is 11.6 Å². The quantitative estimate of drug-likeness (QED) is 0.821. The van der Waals surface area contributed by atoms with Crippen LogP contribution in [0.4, 0.5) is 4.79 Å². The van der Waals surface area contributed by atoms with Crippen LogP contribution < -0.4 is 11.1 Å². The topological polar surface area (TPSA) is 92.5 Å². The number of ketones is 1. The van der Waals surface area contributed by atoms with E-state index in [9.17, 15) is 14.4 Å². The maximum absolute atomic E-state index is 12.4. The first-order chi connectivity index (χ1) is 10.9. The van der Waals surface area contributed by atoms with Crippen molar-refractivity contribution in [3.8, 4) is 0 Å². The van der Waals surface area contributed by atoms with Crippen LogP contribution in [0.1, 0.15) is 30.1 Å². The van der Waals surface area contributed by atoms with E-state index >= 15 is 0 Å². The summed E-state index contributed by atoms with van der Waals surface area (Å²) in [7, 11) is 0. The fraction of sp³-hybridized carbons (Fsp3) is 0.438. The lowest BCUT2D eigenvalue weighted by Gasteiger charge is -2.33. The second kappa shape index (κ2) is 7.46. The van der Waals surface area contributed by atoms with Gasteiger partial charge in [0.05, 0.1) is 0 Å². The molecule has 0 saturated carbocycles. The van der Waals surface area contributed by atoms with Gasteiger partial charge in [0, 0.05) is 29.6 Å². The summed E-state index contributed by atoms with van der Waals surface area (Å²) in [5.74, 6) is -0.196. The van der Waals surface area contributed by atoms with Gasteiger partial charge in [-0.25, -0.2) is 4.79 Å². The average Bonchev–Trinajstić information content (AvgIpc) is 2.53. The predicted molar refractivity (Wildman–Crippen MR) is 87.3 cm³/mol. The number of carbonyl (C=O) groups is 3. The summed E-state index contributed by atoms with van der Waals surface area (Å²) in [6.45, 7) is 2.58. The average molecular weight is 338 g/mol. The van der Waals surface area contributed by atoms with Gasteiger partial charge in [0.1, 0.15) is 6.04 Å². The highest BCUT2D eigenvalue weighted by molar-refractivity contribution is 6.30. The molecule has 1 aliphatic heterocycles. The molecule has 1 aromatic carbocycles. The first kappa shape index (κ1) is 17.3. The van der Waals surface area contributed by atoms with Gasteiger partial charge in [-0.3, -0.25) is 9.59 Å². The Morgan fingerprint density at radius 3 is 2.30 bits per heavy atom. The van der Waals surface area contributed by atoms with E-state index in [1.165, 1.54) is 0 Å². The van der Waals surface area contributed by atoms with Gasteiger partial charge in [0.15, 0.2) is 5.78 Å². The summed E-state index contributed by atoms with van der Waals surface area (Å²) in [5, 5.41) is 2.97. The Morgan fingerprint density at radius 2 is 1.78 bits per heavy atom. The molecule has 0 radical (unpaired) electrons. The molecule has 0 unspecified atom stereocenters. The molecule has 7 heteroatoms. The molecular formula is C16H20ClN3O3. The number of benzene rings is 1. The summed E-state index contributed by atoms with van der Waals surface area (Å²) >= 11 is 5.83. The molecule has 1 fully saturated rings. The van der Waals surface area contributed by atoms with Crippen LogP contribution in [-0.2, 0) is 4.79 Å². The molecule has 0 spiro atoms. The van der Waals surface area contributed by atoms with E-state index in [4.69, 9.17) is 17.3 Å². The maximum Gasteiger partial charge on any atom is 0.312 e. The van der Waals surface area contributed by atoms with E-state index in [0.29, 0.717) is 36.5 Å². The minimum atomic E-state index is -0.723. The fourth-order valence-corrected chi connectivity index (χ4v) is 2.89. The molecule has 23 heavy (non-hydrogen) atoms. The lowest BCUT2D eigenvalue weighted by atomic mass is 9.88. The Morgan fingerprint density at radius 1 is 1.22 bits per heavy atom. The number of carbonyl (C=O) groups excluding carboxylic acids is 3. The number of piperidine rings is 1. The molecule has 0 bridgehead atoms. The number of nitrogens with zero attached hydrogens (tertiary/aromatic N) is 1. The molecule has 1 atom stereocenters. The third-order valence-electron chi connectivity index (χ3n) is 4.04. The molecule has 2 rings (SSSR count). The van der Waals surface area contributed by atoms with Crippen molar-refractivity contribution < 1.29 is 14.4 Å². The number of Topliss-reactive ketones (excluding diaryl/α,β-unsaturated/α-hetero) is 1. The number of urea groups is 1. The molecule has 124 valence electrons. The molecule has 1 aromatic rings. The number of amides is 3. The summed E-state index contributed by atoms with van der Waals surface area (Å²) in [6, 6.07) is 5.46. The Kier molecular flexibility index (Phi) is 5.60. The van der Waals surface area contributed by atoms with E-state index in [0.717, 1.165) is 0 Å². The Labute approximate surface area is 140 Å². The number of halogens is 1. The number of hydrogen-bond acceptors (Lipinski definition) is 3. The zero-order valence-electron chi connectivity index (χ0n) is 12.9. The van der Waals surface area contributed by atoms with Gasteiger partial charge in [-0.15, -0.1) is 0 Å². The third kappa shape index (κ3) is 4.45. The largest absolute Gasteiger partial charge is 0.352 e. The molecule has 3 N–H and O–H groups in total. The lowest BCUT2D eigenvalue weighted by molar-refractivity contribution is -0.134. The van der Waals surface area contributed by atoms with Gasteiger partial charge in [0.2, 0.25) is 5.91 Å². The van der Waals surface area contributed by atoms with Crippen LogP contribution in [0.2, 0.25) is 5.02 Å². The molecule has 3 amide bonds. The van der Waals surface area contributed by atoms with Crippen molar-refractivity contribution in [3.63, 3.8) is 0 Å². The number of primary amides is 1. The van der Waals surface area contributed by atoms with E-state index in [2.05, 4.69) is 5.32 Å². The standard InChI is InChI=1S/C16H20ClN3O3/c1-10(19-16(18)23)15(22)20-8-6-12(7-9-20)14(21)11-2-4-13(17)5-3-11/h2-5,10,12H,6-9H2,1H3,(H3,18,19,23)/t10-/m0/s1. The molecule has 6 nitrogen and oxygen atoms in total. The molecular weight excluding hydrogens is 318 g/mol. The van der Waals surface area contributed by atoms with Crippen molar-refractivity contribution in [1.82, 2.24) is 10.2 Å². The molecule has 1 aliphatic rings. The van der Waals surface area contributed by atoms with E-state index in [1.54, 1.807) is 36.1 Å². The van der Waals surface area contributed by atoms with Gasteiger partial charge in [-0.1, -0.05) is 11.6 Å². The minimum Gasteiger partial charge on any atom is -0.352 e. The Balaban J connectivity index is 1.90. The zero-order chi connectivity index (χ0) is 17.0. The number of nitrogens with two attached hydrogens (primary N) is 1. The van der Waals surface area contributed by atoms with Gasteiger partial charge >= 0.3 is 6.03 Å². The van der Waals surface area contributed by atoms with Crippen molar-refractivity contribution in [2.24, 2.45) is 11.7 Å². The van der Waals surface area contributed by atoms with Gasteiger partial charge < -0.3 is 16.0 Å². The summed E-state index contributed by atoms with van der Waals surface area (Å²) < 4.78 is 0. The van der Waals surface area contributed by atoms with Crippen LogP contribution in [0.5, 0.6) is 0 Å². The predicted octanol–water partition coefficient (Wildman–Crippen LogP) is 1.82. The Hall–Kier alpha value is -2.08. The lowest BCUT2D eigenvalue weighted by Crippen LogP contribution is -2.51. The molecule has 0 aromatic heterocycles. The first-order valence-electron chi connectivity index (χ1n) is 7.53. The van der Waals surface area contributed by atoms with Gasteiger partial charge in [-0.05, 0) is 44.0 Å². The van der Waals surface area contributed by atoms with Gasteiger partial charge in [0.25, 0.3) is 0 Å². The number of likely N-dealkylation sites (tertiary alicyclic amines) is 1. The van der Waals surface area contributed by atoms with Gasteiger partial charge in [-0.2, -0.15) is 0 Å². The second-order valence-electron chi connectivity index (χ2n) is 5.70. The Bertz CT molecular complexity index is 595. The maximum atomic E-state index is 12.4. The second-order valence-corrected chi connectivity index (χ2v) is 6.14. The first-order valence-corrected chi connectivity index (χ1v) is 7.91. The third-order valence-corrected chi connectivity index (χ3v) is 4.29. The van der Waals surface area contributed by atoms with E-state index in [-0.39, 0.29) is 17.6 Å². The highest BCUT2D eigenvalue weighted by Crippen LogP contribution is 2.23. The monoisotopic (exact) mass is 337 g/mol. The number of hydrogen-bond donors (Lipinski definition) is 2. The van der Waals surface area contributed by atoms with E-state index in [1.807, 2.05) is 0 Å². The summed E-state index contributed by atoms with van der Waals surface area (Å²) in [4.78, 5) is 37.1. The van der Waals surface area contributed by atoms with Crippen LogP contribution in [0, 0.1) is 5.92 Å². The minimum absolute atomic E-state index is 0.0806. The SMILES string of the molecule is C[C@H](NC(N)=O)C(=O)N1CCC(C(=O)c2ccc(Cl)cc2)CC1. The smallest absolute Gasteiger partial charge is 0.312 e. The summed E-state index contributed by atoms with van der Waals surface area (Å²) in [5.41, 5.74) is 5.66. The fourth-order valence-electron chi connectivity index (χ4n) is 2.76. The van der Waals surface area contributed by atoms with E-state index < -0.39 is 12.1 Å². The van der Waals surface area contributed by atoms with Crippen LogP contribution in [0.25, 0.3) is 0 Å². The number of rotatable bonds is 4. The van der Waals surface area contributed by atoms with Crippen LogP contribution in [0.3, 0.4) is 0 Å². The van der Waals surface area contributed by atoms with Crippen molar-refractivity contribution in [3.05, 3.63) is 34.9 Å². The number of nitrogens with one attached hydrogen (secondary N) is 1. The normalized spacial score (nSPS) is 16.7. The van der Waals surface area contributed by atoms with Crippen molar-refractivity contribution in [2.45, 2.75) is 25.8 Å². The molecule has 0 aliphatic carbocycles. The highest BCUT2D eigenvalue weighted by atomic mass is 35.5. The molecule has 1 saturated heterocycles. The molecule has 1 heterocycles. The highest BCUT2D eigenvalue weighted by Gasteiger charge is 2.30. The zero-order valence-corrected chi connectivity index (χ0v) is 13.7. The van der Waals surface area contributed by atoms with Crippen molar-refractivity contribution in [2.75, 3.05) is 13.1 Å².